The molecular formula is C11H20O. The average Bonchev–Trinajstić information content (AvgIpc) is 2.67. The zero-order valence-electron chi connectivity index (χ0n) is 8.21. The van der Waals surface area contributed by atoms with Crippen LogP contribution in [0.2, 0.25) is 0 Å². The molecule has 0 saturated heterocycles. The van der Waals surface area contributed by atoms with Crippen LogP contribution in [-0.4, -0.2) is 11.7 Å². The Balaban J connectivity index is 1.96. The van der Waals surface area contributed by atoms with Crippen LogP contribution in [0.5, 0.6) is 0 Å². The zero-order valence-corrected chi connectivity index (χ0v) is 8.21. The topological polar surface area (TPSA) is 20.2 Å². The third kappa shape index (κ3) is 1.02. The van der Waals surface area contributed by atoms with Gasteiger partial charge in [-0.2, -0.15) is 0 Å². The van der Waals surface area contributed by atoms with E-state index < -0.39 is 0 Å². The molecule has 0 bridgehead atoms. The minimum atomic E-state index is 0.398. The van der Waals surface area contributed by atoms with Gasteiger partial charge in [-0.05, 0) is 48.9 Å². The van der Waals surface area contributed by atoms with E-state index in [0.717, 1.165) is 29.6 Å². The van der Waals surface area contributed by atoms with Crippen molar-refractivity contribution in [1.82, 2.24) is 0 Å². The summed E-state index contributed by atoms with van der Waals surface area (Å²) < 4.78 is 0. The summed E-state index contributed by atoms with van der Waals surface area (Å²) in [5, 5.41) is 8.89. The number of hydrogen-bond acceptors (Lipinski definition) is 1. The molecule has 2 saturated carbocycles. The fourth-order valence-corrected chi connectivity index (χ4v) is 3.39. The Hall–Kier alpha value is -0.0400. The van der Waals surface area contributed by atoms with Crippen molar-refractivity contribution in [3.8, 4) is 0 Å². The largest absolute Gasteiger partial charge is 0.396 e. The van der Waals surface area contributed by atoms with Crippen molar-refractivity contribution in [3.63, 3.8) is 0 Å². The minimum Gasteiger partial charge on any atom is -0.396 e. The molecule has 0 spiro atoms. The van der Waals surface area contributed by atoms with E-state index in [1.54, 1.807) is 0 Å². The predicted molar refractivity (Wildman–Crippen MR) is 49.8 cm³/mol. The van der Waals surface area contributed by atoms with Crippen LogP contribution >= 0.6 is 0 Å². The maximum Gasteiger partial charge on any atom is 0.0433 e. The van der Waals surface area contributed by atoms with Gasteiger partial charge in [-0.25, -0.2) is 0 Å². The molecule has 2 fully saturated rings. The molecule has 1 nitrogen and oxygen atoms in total. The number of hydrogen-bond donors (Lipinski definition) is 1. The molecule has 0 amide bonds. The van der Waals surface area contributed by atoms with Crippen molar-refractivity contribution in [2.75, 3.05) is 6.61 Å². The van der Waals surface area contributed by atoms with Crippen LogP contribution in [0.3, 0.4) is 0 Å². The first-order valence-electron chi connectivity index (χ1n) is 5.31. The Morgan fingerprint density at radius 2 is 2.25 bits per heavy atom. The maximum atomic E-state index is 8.89. The highest BCUT2D eigenvalue weighted by molar-refractivity contribution is 5.11. The smallest absolute Gasteiger partial charge is 0.0433 e. The van der Waals surface area contributed by atoms with E-state index in [-0.39, 0.29) is 0 Å². The van der Waals surface area contributed by atoms with Crippen molar-refractivity contribution < 1.29 is 5.11 Å². The summed E-state index contributed by atoms with van der Waals surface area (Å²) in [4.78, 5) is 0. The highest BCUT2D eigenvalue weighted by Crippen LogP contribution is 2.70. The summed E-state index contributed by atoms with van der Waals surface area (Å²) >= 11 is 0. The van der Waals surface area contributed by atoms with Crippen LogP contribution < -0.4 is 0 Å². The van der Waals surface area contributed by atoms with Gasteiger partial charge >= 0.3 is 0 Å². The van der Waals surface area contributed by atoms with Crippen LogP contribution in [0.15, 0.2) is 0 Å². The van der Waals surface area contributed by atoms with Crippen LogP contribution in [0.4, 0.5) is 0 Å². The molecule has 0 heterocycles. The molecule has 0 aromatic rings. The Labute approximate surface area is 75.2 Å². The van der Waals surface area contributed by atoms with Crippen molar-refractivity contribution in [2.45, 2.75) is 39.5 Å². The van der Waals surface area contributed by atoms with Gasteiger partial charge in [-0.15, -0.1) is 0 Å². The molecule has 2 rings (SSSR count). The fraction of sp³-hybridized carbons (Fsp3) is 1.00. The molecule has 1 heteroatoms. The highest BCUT2D eigenvalue weighted by Gasteiger charge is 2.61. The molecule has 2 aliphatic carbocycles. The van der Waals surface area contributed by atoms with Gasteiger partial charge < -0.3 is 5.11 Å². The molecule has 2 aliphatic rings. The molecule has 3 unspecified atom stereocenters. The normalized spacial score (nSPS) is 45.0. The van der Waals surface area contributed by atoms with Gasteiger partial charge in [0.15, 0.2) is 0 Å². The minimum absolute atomic E-state index is 0.398. The standard InChI is InChI=1S/C11H20O/c1-8(2)11-5-3-9(4-6-12)10(11)7-11/h8-10,12H,3-7H2,1-2H3. The molecule has 12 heavy (non-hydrogen) atoms. The molecule has 0 radical (unpaired) electrons. The lowest BCUT2D eigenvalue weighted by Gasteiger charge is -2.15. The summed E-state index contributed by atoms with van der Waals surface area (Å²) in [5.41, 5.74) is 0.722. The lowest BCUT2D eigenvalue weighted by Crippen LogP contribution is -2.08. The van der Waals surface area contributed by atoms with E-state index >= 15 is 0 Å². The van der Waals surface area contributed by atoms with Gasteiger partial charge in [0.2, 0.25) is 0 Å². The Bertz CT molecular complexity index is 176. The number of aliphatic hydroxyl groups excluding tert-OH is 1. The first-order valence-corrected chi connectivity index (χ1v) is 5.31. The third-order valence-electron chi connectivity index (χ3n) is 4.38. The van der Waals surface area contributed by atoms with Gasteiger partial charge in [0.25, 0.3) is 0 Å². The number of aliphatic hydroxyl groups is 1. The second-order valence-electron chi connectivity index (χ2n) is 5.01. The van der Waals surface area contributed by atoms with Crippen LogP contribution in [0, 0.1) is 23.2 Å². The highest BCUT2D eigenvalue weighted by atomic mass is 16.3. The van der Waals surface area contributed by atoms with Gasteiger partial charge in [0.05, 0.1) is 0 Å². The van der Waals surface area contributed by atoms with Crippen LogP contribution in [-0.2, 0) is 0 Å². The second kappa shape index (κ2) is 2.73. The van der Waals surface area contributed by atoms with E-state index in [1.807, 2.05) is 0 Å². The monoisotopic (exact) mass is 168 g/mol. The molecule has 0 aliphatic heterocycles. The first-order chi connectivity index (χ1) is 5.70. The third-order valence-corrected chi connectivity index (χ3v) is 4.38. The summed E-state index contributed by atoms with van der Waals surface area (Å²) in [7, 11) is 0. The van der Waals surface area contributed by atoms with Gasteiger partial charge in [0.1, 0.15) is 0 Å². The maximum absolute atomic E-state index is 8.89. The lowest BCUT2D eigenvalue weighted by molar-refractivity contribution is 0.247. The average molecular weight is 168 g/mol. The Morgan fingerprint density at radius 1 is 1.50 bits per heavy atom. The molecule has 1 N–H and O–H groups in total. The van der Waals surface area contributed by atoms with E-state index in [1.165, 1.54) is 19.3 Å². The van der Waals surface area contributed by atoms with E-state index in [0.29, 0.717) is 6.61 Å². The van der Waals surface area contributed by atoms with Gasteiger partial charge in [-0.3, -0.25) is 0 Å². The summed E-state index contributed by atoms with van der Waals surface area (Å²) in [5.74, 6) is 2.70. The van der Waals surface area contributed by atoms with Crippen molar-refractivity contribution in [3.05, 3.63) is 0 Å². The van der Waals surface area contributed by atoms with E-state index in [9.17, 15) is 0 Å². The van der Waals surface area contributed by atoms with Crippen LogP contribution in [0.1, 0.15) is 39.5 Å². The Kier molecular flexibility index (Phi) is 1.95. The SMILES string of the molecule is CC(C)C12CCC(CCO)C1C2. The summed E-state index contributed by atoms with van der Waals surface area (Å²) in [6, 6.07) is 0. The molecule has 3 atom stereocenters. The zero-order chi connectivity index (χ0) is 8.77. The molecular weight excluding hydrogens is 148 g/mol. The molecule has 0 aromatic carbocycles. The number of fused-ring (bicyclic) bond motifs is 1. The molecule has 0 aromatic heterocycles. The fourth-order valence-electron chi connectivity index (χ4n) is 3.39. The van der Waals surface area contributed by atoms with Crippen LogP contribution in [0.25, 0.3) is 0 Å². The second-order valence-corrected chi connectivity index (χ2v) is 5.01. The molecule has 70 valence electrons. The lowest BCUT2D eigenvalue weighted by atomic mass is 9.90. The van der Waals surface area contributed by atoms with Gasteiger partial charge in [-0.1, -0.05) is 13.8 Å². The predicted octanol–water partition coefficient (Wildman–Crippen LogP) is 2.44. The van der Waals surface area contributed by atoms with Crippen molar-refractivity contribution in [2.24, 2.45) is 23.2 Å². The summed E-state index contributed by atoms with van der Waals surface area (Å²) in [6.45, 7) is 5.12. The van der Waals surface area contributed by atoms with Crippen molar-refractivity contribution in [1.29, 1.82) is 0 Å². The van der Waals surface area contributed by atoms with E-state index in [2.05, 4.69) is 13.8 Å². The van der Waals surface area contributed by atoms with E-state index in [4.69, 9.17) is 5.11 Å². The number of rotatable bonds is 3. The first kappa shape index (κ1) is 8.55. The van der Waals surface area contributed by atoms with Crippen molar-refractivity contribution >= 4 is 0 Å². The Morgan fingerprint density at radius 3 is 2.67 bits per heavy atom. The summed E-state index contributed by atoms with van der Waals surface area (Å²) in [6.07, 6.45) is 5.32. The quantitative estimate of drug-likeness (QED) is 0.686. The van der Waals surface area contributed by atoms with Gasteiger partial charge in [0, 0.05) is 6.61 Å².